The van der Waals surface area contributed by atoms with Gasteiger partial charge >= 0.3 is 12.0 Å². The van der Waals surface area contributed by atoms with Crippen molar-refractivity contribution >= 4 is 12.0 Å². The Morgan fingerprint density at radius 2 is 1.89 bits per heavy atom. The molecule has 2 atom stereocenters. The summed E-state index contributed by atoms with van der Waals surface area (Å²) in [6.07, 6.45) is 2.52. The smallest absolute Gasteiger partial charge is 0.325 e. The van der Waals surface area contributed by atoms with Gasteiger partial charge in [-0.15, -0.1) is 0 Å². The molecule has 0 spiro atoms. The number of urea groups is 1. The lowest BCUT2D eigenvalue weighted by Crippen LogP contribution is -2.46. The minimum Gasteiger partial charge on any atom is -0.480 e. The summed E-state index contributed by atoms with van der Waals surface area (Å²) >= 11 is 0. The molecule has 0 aromatic carbocycles. The van der Waals surface area contributed by atoms with Crippen LogP contribution in [0.1, 0.15) is 26.7 Å². The molecule has 0 aliphatic carbocycles. The van der Waals surface area contributed by atoms with Crippen LogP contribution in [-0.2, 0) is 4.79 Å². The van der Waals surface area contributed by atoms with E-state index in [2.05, 4.69) is 22.5 Å². The quantitative estimate of drug-likeness (QED) is 0.647. The van der Waals surface area contributed by atoms with Crippen molar-refractivity contribution in [3.63, 3.8) is 0 Å². The van der Waals surface area contributed by atoms with Crippen LogP contribution in [0.25, 0.3) is 0 Å². The summed E-state index contributed by atoms with van der Waals surface area (Å²) < 4.78 is 0. The second-order valence-electron chi connectivity index (χ2n) is 5.03. The monoisotopic (exact) mass is 257 g/mol. The van der Waals surface area contributed by atoms with Gasteiger partial charge in [-0.05, 0) is 38.8 Å². The molecule has 1 aliphatic rings. The second-order valence-corrected chi connectivity index (χ2v) is 5.03. The zero-order chi connectivity index (χ0) is 13.5. The van der Waals surface area contributed by atoms with Crippen LogP contribution in [0, 0.1) is 5.92 Å². The molecule has 1 fully saturated rings. The summed E-state index contributed by atoms with van der Waals surface area (Å²) in [6, 6.07) is -1.28. The van der Waals surface area contributed by atoms with Crippen molar-refractivity contribution in [1.29, 1.82) is 0 Å². The van der Waals surface area contributed by atoms with Crippen molar-refractivity contribution in [3.05, 3.63) is 0 Å². The predicted molar refractivity (Wildman–Crippen MR) is 68.5 cm³/mol. The van der Waals surface area contributed by atoms with Crippen molar-refractivity contribution in [3.8, 4) is 0 Å². The van der Waals surface area contributed by atoms with Crippen molar-refractivity contribution in [1.82, 2.24) is 15.5 Å². The van der Waals surface area contributed by atoms with Gasteiger partial charge in [-0.25, -0.2) is 4.79 Å². The summed E-state index contributed by atoms with van der Waals surface area (Å²) in [5, 5.41) is 13.7. The molecule has 0 aromatic rings. The van der Waals surface area contributed by atoms with Crippen molar-refractivity contribution in [2.75, 3.05) is 26.2 Å². The molecule has 2 amide bonds. The third kappa shape index (κ3) is 5.35. The van der Waals surface area contributed by atoms with Crippen LogP contribution in [0.4, 0.5) is 4.79 Å². The lowest BCUT2D eigenvalue weighted by Gasteiger charge is -2.20. The molecule has 1 heterocycles. The van der Waals surface area contributed by atoms with Crippen LogP contribution in [0.15, 0.2) is 0 Å². The summed E-state index contributed by atoms with van der Waals surface area (Å²) in [5.74, 6) is -0.663. The number of hydrogen-bond donors (Lipinski definition) is 3. The van der Waals surface area contributed by atoms with E-state index < -0.39 is 18.0 Å². The van der Waals surface area contributed by atoms with Gasteiger partial charge in [0.1, 0.15) is 6.04 Å². The third-order valence-electron chi connectivity index (χ3n) is 3.10. The molecule has 18 heavy (non-hydrogen) atoms. The van der Waals surface area contributed by atoms with Gasteiger partial charge < -0.3 is 20.6 Å². The van der Waals surface area contributed by atoms with Crippen LogP contribution in [0.2, 0.25) is 0 Å². The molecular weight excluding hydrogens is 234 g/mol. The number of carboxylic acid groups (broad SMARTS) is 1. The molecule has 6 heteroatoms. The number of nitrogens with one attached hydrogen (secondary N) is 2. The van der Waals surface area contributed by atoms with Crippen LogP contribution < -0.4 is 10.6 Å². The molecule has 0 aromatic heterocycles. The normalized spacial score (nSPS) is 19.2. The maximum Gasteiger partial charge on any atom is 0.325 e. The van der Waals surface area contributed by atoms with E-state index >= 15 is 0 Å². The number of carboxylic acids is 1. The number of aliphatic carboxylic acids is 1. The average Bonchev–Trinajstić information content (AvgIpc) is 2.79. The molecule has 6 nitrogen and oxygen atoms in total. The Hall–Kier alpha value is -1.30. The first kappa shape index (κ1) is 14.8. The Morgan fingerprint density at radius 1 is 1.28 bits per heavy atom. The third-order valence-corrected chi connectivity index (χ3v) is 3.10. The van der Waals surface area contributed by atoms with E-state index in [1.807, 2.05) is 0 Å². The van der Waals surface area contributed by atoms with E-state index in [0.717, 1.165) is 19.6 Å². The summed E-state index contributed by atoms with van der Waals surface area (Å²) in [5.41, 5.74) is 0. The number of nitrogens with zero attached hydrogens (tertiary/aromatic N) is 1. The fourth-order valence-corrected chi connectivity index (χ4v) is 2.05. The Kier molecular flexibility index (Phi) is 5.91. The standard InChI is InChI=1S/C12H23N3O3/c1-9(8-15-5-3-4-6-15)7-13-12(18)14-10(2)11(16)17/h9-10H,3-8H2,1-2H3,(H,16,17)(H2,13,14,18). The first-order valence-corrected chi connectivity index (χ1v) is 6.48. The highest BCUT2D eigenvalue weighted by Crippen LogP contribution is 2.09. The van der Waals surface area contributed by atoms with E-state index in [4.69, 9.17) is 5.11 Å². The number of hydrogen-bond acceptors (Lipinski definition) is 3. The highest BCUT2D eigenvalue weighted by atomic mass is 16.4. The molecule has 1 aliphatic heterocycles. The first-order valence-electron chi connectivity index (χ1n) is 6.48. The Morgan fingerprint density at radius 3 is 2.44 bits per heavy atom. The van der Waals surface area contributed by atoms with Gasteiger partial charge in [0.05, 0.1) is 0 Å². The molecule has 2 unspecified atom stereocenters. The van der Waals surface area contributed by atoms with Crippen molar-refractivity contribution in [2.24, 2.45) is 5.92 Å². The zero-order valence-corrected chi connectivity index (χ0v) is 11.1. The minimum absolute atomic E-state index is 0.369. The molecule has 1 rings (SSSR count). The largest absolute Gasteiger partial charge is 0.480 e. The lowest BCUT2D eigenvalue weighted by molar-refractivity contribution is -0.138. The van der Waals surface area contributed by atoms with Gasteiger partial charge in [-0.1, -0.05) is 6.92 Å². The van der Waals surface area contributed by atoms with Crippen LogP contribution in [0.3, 0.4) is 0 Å². The molecule has 0 radical (unpaired) electrons. The minimum atomic E-state index is -1.03. The van der Waals surface area contributed by atoms with Gasteiger partial charge in [0, 0.05) is 13.1 Å². The van der Waals surface area contributed by atoms with Crippen LogP contribution in [0.5, 0.6) is 0 Å². The lowest BCUT2D eigenvalue weighted by atomic mass is 10.1. The van der Waals surface area contributed by atoms with Gasteiger partial charge in [0.2, 0.25) is 0 Å². The maximum atomic E-state index is 11.4. The highest BCUT2D eigenvalue weighted by molar-refractivity contribution is 5.82. The first-order chi connectivity index (χ1) is 8.49. The Bertz CT molecular complexity index is 290. The molecule has 3 N–H and O–H groups in total. The highest BCUT2D eigenvalue weighted by Gasteiger charge is 2.16. The Balaban J connectivity index is 2.14. The molecule has 1 saturated heterocycles. The van der Waals surface area contributed by atoms with Crippen molar-refractivity contribution in [2.45, 2.75) is 32.7 Å². The summed E-state index contributed by atoms with van der Waals surface area (Å²) in [7, 11) is 0. The Labute approximate surface area is 108 Å². The van der Waals surface area contributed by atoms with E-state index in [9.17, 15) is 9.59 Å². The zero-order valence-electron chi connectivity index (χ0n) is 11.1. The van der Waals surface area contributed by atoms with E-state index in [1.54, 1.807) is 0 Å². The summed E-state index contributed by atoms with van der Waals surface area (Å²) in [6.45, 7) is 7.36. The fraction of sp³-hybridized carbons (Fsp3) is 0.833. The number of rotatable bonds is 6. The van der Waals surface area contributed by atoms with E-state index in [0.29, 0.717) is 12.5 Å². The SMILES string of the molecule is CC(CNC(=O)NC(C)C(=O)O)CN1CCCC1. The fourth-order valence-electron chi connectivity index (χ4n) is 2.05. The second kappa shape index (κ2) is 7.20. The number of carbonyl (C=O) groups excluding carboxylic acids is 1. The van der Waals surface area contributed by atoms with Crippen LogP contribution in [-0.4, -0.2) is 54.2 Å². The number of likely N-dealkylation sites (tertiary alicyclic amines) is 1. The number of carbonyl (C=O) groups is 2. The predicted octanol–water partition coefficient (Wildman–Crippen LogP) is 0.491. The summed E-state index contributed by atoms with van der Waals surface area (Å²) in [4.78, 5) is 24.3. The molecule has 104 valence electrons. The van der Waals surface area contributed by atoms with Crippen LogP contribution >= 0.6 is 0 Å². The van der Waals surface area contributed by atoms with E-state index in [1.165, 1.54) is 19.8 Å². The van der Waals surface area contributed by atoms with Crippen molar-refractivity contribution < 1.29 is 14.7 Å². The maximum absolute atomic E-state index is 11.4. The van der Waals surface area contributed by atoms with Gasteiger partial charge in [0.25, 0.3) is 0 Å². The average molecular weight is 257 g/mol. The number of amides is 2. The van der Waals surface area contributed by atoms with Gasteiger partial charge in [-0.3, -0.25) is 4.79 Å². The topological polar surface area (TPSA) is 81.7 Å². The van der Waals surface area contributed by atoms with Gasteiger partial charge in [-0.2, -0.15) is 0 Å². The molecule has 0 saturated carbocycles. The molecule has 0 bridgehead atoms. The molecular formula is C12H23N3O3. The van der Waals surface area contributed by atoms with Gasteiger partial charge in [0.15, 0.2) is 0 Å². The van der Waals surface area contributed by atoms with E-state index in [-0.39, 0.29) is 0 Å².